The zero-order valence-corrected chi connectivity index (χ0v) is 49.9. The van der Waals surface area contributed by atoms with Crippen molar-refractivity contribution in [2.45, 2.75) is 284 Å². The molecule has 436 valence electrons. The molecule has 0 heterocycles. The van der Waals surface area contributed by atoms with Crippen LogP contribution in [-0.4, -0.2) is 37.2 Å². The lowest BCUT2D eigenvalue weighted by molar-refractivity contribution is -0.167. The summed E-state index contributed by atoms with van der Waals surface area (Å²) < 4.78 is 16.8. The number of allylic oxidation sites excluding steroid dienone is 22. The van der Waals surface area contributed by atoms with Crippen LogP contribution in [0.3, 0.4) is 0 Å². The number of unbranched alkanes of at least 4 members (excludes halogenated alkanes) is 23. The largest absolute Gasteiger partial charge is 0.462 e. The van der Waals surface area contributed by atoms with E-state index in [0.29, 0.717) is 19.3 Å². The first kappa shape index (κ1) is 72.5. The van der Waals surface area contributed by atoms with Crippen molar-refractivity contribution in [3.63, 3.8) is 0 Å². The maximum absolute atomic E-state index is 12.8. The van der Waals surface area contributed by atoms with Crippen LogP contribution in [0.5, 0.6) is 0 Å². The van der Waals surface area contributed by atoms with Crippen LogP contribution in [-0.2, 0) is 28.6 Å². The molecule has 77 heavy (non-hydrogen) atoms. The number of rotatable bonds is 56. The monoisotopic (exact) mass is 1060 g/mol. The molecule has 0 spiro atoms. The number of hydrogen-bond acceptors (Lipinski definition) is 6. The topological polar surface area (TPSA) is 78.9 Å². The molecule has 0 N–H and O–H groups in total. The Morgan fingerprint density at radius 2 is 0.532 bits per heavy atom. The molecule has 0 fully saturated rings. The first-order chi connectivity index (χ1) is 38.0. The van der Waals surface area contributed by atoms with E-state index in [-0.39, 0.29) is 31.1 Å². The maximum atomic E-state index is 12.8. The van der Waals surface area contributed by atoms with Crippen LogP contribution in [0.4, 0.5) is 0 Å². The molecule has 0 radical (unpaired) electrons. The van der Waals surface area contributed by atoms with Gasteiger partial charge in [0.15, 0.2) is 6.10 Å². The second kappa shape index (κ2) is 64.1. The van der Waals surface area contributed by atoms with E-state index in [2.05, 4.69) is 154 Å². The maximum Gasteiger partial charge on any atom is 0.306 e. The Kier molecular flexibility index (Phi) is 60.4. The Morgan fingerprint density at radius 1 is 0.273 bits per heavy atom. The molecule has 6 nitrogen and oxygen atoms in total. The van der Waals surface area contributed by atoms with Crippen molar-refractivity contribution in [2.24, 2.45) is 0 Å². The Labute approximate surface area is 475 Å². The van der Waals surface area contributed by atoms with E-state index in [1.807, 2.05) is 0 Å². The summed E-state index contributed by atoms with van der Waals surface area (Å²) in [6.07, 6.45) is 90.4. The lowest BCUT2D eigenvalue weighted by atomic mass is 10.1. The average Bonchev–Trinajstić information content (AvgIpc) is 3.43. The molecule has 0 aliphatic heterocycles. The highest BCUT2D eigenvalue weighted by atomic mass is 16.6. The van der Waals surface area contributed by atoms with Crippen LogP contribution >= 0.6 is 0 Å². The van der Waals surface area contributed by atoms with Crippen molar-refractivity contribution in [2.75, 3.05) is 13.2 Å². The predicted molar refractivity (Wildman–Crippen MR) is 334 cm³/mol. The molecule has 0 aliphatic rings. The van der Waals surface area contributed by atoms with E-state index in [1.54, 1.807) is 0 Å². The summed E-state index contributed by atoms with van der Waals surface area (Å²) in [6.45, 7) is 6.43. The zero-order valence-electron chi connectivity index (χ0n) is 49.9. The Bertz CT molecular complexity index is 1650. The first-order valence-electron chi connectivity index (χ1n) is 31.7. The molecule has 1 unspecified atom stereocenters. The molecule has 1 atom stereocenters. The molecule has 0 saturated carbocycles. The van der Waals surface area contributed by atoms with Gasteiger partial charge in [0.2, 0.25) is 0 Å². The Morgan fingerprint density at radius 3 is 0.857 bits per heavy atom. The van der Waals surface area contributed by atoms with Crippen molar-refractivity contribution in [1.82, 2.24) is 0 Å². The highest BCUT2D eigenvalue weighted by Gasteiger charge is 2.19. The summed E-state index contributed by atoms with van der Waals surface area (Å²) in [5.74, 6) is -0.922. The minimum absolute atomic E-state index is 0.0911. The van der Waals surface area contributed by atoms with Gasteiger partial charge in [-0.2, -0.15) is 0 Å². The standard InChI is InChI=1S/C71H116O6/c1-4-7-10-13-16-19-22-24-26-27-28-29-30-31-32-33-34-35-36-37-38-39-40-41-42-43-44-45-46-48-49-52-55-58-61-64-70(73)76-67-68(66-75-69(72)63-60-57-54-51-21-18-15-12-9-6-3)77-71(74)65-62-59-56-53-50-47-25-23-20-17-14-11-8-5-2/h7,10,12,15-16,19,23-26,28-29,31-32,34-35,37-38,40-41,43-44,68H,4-6,8-9,11,13-14,17-18,20-22,27,30,33,36,39,42,45-67H2,1-3H3/b10-7-,15-12-,19-16-,25-23-,26-24-,29-28-,32-31-,35-34-,38-37-,41-40-,44-43-. The SMILES string of the molecule is CC/C=C\C/C=C\C/C=C\C/C=C\C/C=C\C/C=C\C/C=C\C/C=C\C/C=C\CCCCCCCCCC(=O)OCC(COC(=O)CCCCCCC/C=C\CCC)OC(=O)CCCCCCC/C=C\CCCCCCC. The first-order valence-corrected chi connectivity index (χ1v) is 31.7. The van der Waals surface area contributed by atoms with Crippen LogP contribution in [0, 0.1) is 0 Å². The Balaban J connectivity index is 4.21. The molecular formula is C71H116O6. The van der Waals surface area contributed by atoms with Crippen molar-refractivity contribution in [1.29, 1.82) is 0 Å². The summed E-state index contributed by atoms with van der Waals surface area (Å²) in [7, 11) is 0. The second-order valence-electron chi connectivity index (χ2n) is 20.6. The van der Waals surface area contributed by atoms with Crippen molar-refractivity contribution in [3.8, 4) is 0 Å². The summed E-state index contributed by atoms with van der Waals surface area (Å²) >= 11 is 0. The number of carbonyl (C=O) groups excluding carboxylic acids is 3. The third-order valence-electron chi connectivity index (χ3n) is 13.1. The van der Waals surface area contributed by atoms with Crippen molar-refractivity contribution in [3.05, 3.63) is 134 Å². The van der Waals surface area contributed by atoms with E-state index in [9.17, 15) is 14.4 Å². The average molecular weight is 1070 g/mol. The summed E-state index contributed by atoms with van der Waals surface area (Å²) in [5, 5.41) is 0. The molecule has 0 aromatic heterocycles. The fraction of sp³-hybridized carbons (Fsp3) is 0.648. The van der Waals surface area contributed by atoms with E-state index in [4.69, 9.17) is 14.2 Å². The minimum atomic E-state index is -0.793. The molecule has 0 bridgehead atoms. The predicted octanol–water partition coefficient (Wildman–Crippen LogP) is 21.8. The molecule has 0 aliphatic carbocycles. The van der Waals surface area contributed by atoms with Crippen LogP contribution in [0.15, 0.2) is 134 Å². The van der Waals surface area contributed by atoms with Gasteiger partial charge in [0.05, 0.1) is 0 Å². The number of carbonyl (C=O) groups is 3. The normalized spacial score (nSPS) is 13.0. The van der Waals surface area contributed by atoms with Crippen LogP contribution < -0.4 is 0 Å². The fourth-order valence-corrected chi connectivity index (χ4v) is 8.37. The van der Waals surface area contributed by atoms with Gasteiger partial charge in [-0.1, -0.05) is 257 Å². The van der Waals surface area contributed by atoms with Crippen LogP contribution in [0.25, 0.3) is 0 Å². The molecular weight excluding hydrogens is 949 g/mol. The molecule has 0 saturated heterocycles. The van der Waals surface area contributed by atoms with E-state index >= 15 is 0 Å². The Hall–Kier alpha value is -4.45. The number of ether oxygens (including phenoxy) is 3. The quantitative estimate of drug-likeness (QED) is 0.0261. The minimum Gasteiger partial charge on any atom is -0.462 e. The number of esters is 3. The van der Waals surface area contributed by atoms with Gasteiger partial charge < -0.3 is 14.2 Å². The zero-order chi connectivity index (χ0) is 55.7. The van der Waals surface area contributed by atoms with Gasteiger partial charge in [-0.05, 0) is 135 Å². The van der Waals surface area contributed by atoms with E-state index in [0.717, 1.165) is 154 Å². The molecule has 0 aromatic rings. The van der Waals surface area contributed by atoms with Gasteiger partial charge in [0, 0.05) is 19.3 Å². The highest BCUT2D eigenvalue weighted by Crippen LogP contribution is 2.14. The van der Waals surface area contributed by atoms with Crippen LogP contribution in [0.2, 0.25) is 0 Å². The lowest BCUT2D eigenvalue weighted by Gasteiger charge is -2.18. The summed E-state index contributed by atoms with van der Waals surface area (Å²) in [4.78, 5) is 38.1. The summed E-state index contributed by atoms with van der Waals surface area (Å²) in [6, 6.07) is 0. The molecule has 0 amide bonds. The lowest BCUT2D eigenvalue weighted by Crippen LogP contribution is -2.30. The smallest absolute Gasteiger partial charge is 0.306 e. The van der Waals surface area contributed by atoms with Gasteiger partial charge in [-0.25, -0.2) is 0 Å². The van der Waals surface area contributed by atoms with E-state index in [1.165, 1.54) is 83.5 Å². The number of hydrogen-bond donors (Lipinski definition) is 0. The molecule has 0 rings (SSSR count). The van der Waals surface area contributed by atoms with Gasteiger partial charge in [-0.15, -0.1) is 0 Å². The van der Waals surface area contributed by atoms with Gasteiger partial charge >= 0.3 is 17.9 Å². The van der Waals surface area contributed by atoms with Crippen LogP contribution in [0.1, 0.15) is 278 Å². The molecule has 0 aromatic carbocycles. The third-order valence-corrected chi connectivity index (χ3v) is 13.1. The molecule has 6 heteroatoms. The van der Waals surface area contributed by atoms with Crippen molar-refractivity contribution < 1.29 is 28.6 Å². The van der Waals surface area contributed by atoms with Gasteiger partial charge in [0.1, 0.15) is 13.2 Å². The fourth-order valence-electron chi connectivity index (χ4n) is 8.37. The van der Waals surface area contributed by atoms with Gasteiger partial charge in [0.25, 0.3) is 0 Å². The highest BCUT2D eigenvalue weighted by molar-refractivity contribution is 5.71. The van der Waals surface area contributed by atoms with Gasteiger partial charge in [-0.3, -0.25) is 14.4 Å². The van der Waals surface area contributed by atoms with E-state index < -0.39 is 6.10 Å². The third kappa shape index (κ3) is 62.3. The second-order valence-corrected chi connectivity index (χ2v) is 20.6. The van der Waals surface area contributed by atoms with Crippen molar-refractivity contribution >= 4 is 17.9 Å². The summed E-state index contributed by atoms with van der Waals surface area (Å²) in [5.41, 5.74) is 0.